The Morgan fingerprint density at radius 1 is 1.35 bits per heavy atom. The van der Waals surface area contributed by atoms with Gasteiger partial charge in [0.05, 0.1) is 23.6 Å². The van der Waals surface area contributed by atoms with Gasteiger partial charge in [-0.15, -0.1) is 0 Å². The van der Waals surface area contributed by atoms with Crippen molar-refractivity contribution in [2.45, 2.75) is 6.92 Å². The van der Waals surface area contributed by atoms with Gasteiger partial charge in [0, 0.05) is 12.3 Å². The maximum atomic E-state index is 11.3. The first-order valence-electron chi connectivity index (χ1n) is 6.19. The van der Waals surface area contributed by atoms with E-state index in [-0.39, 0.29) is 0 Å². The predicted molar refractivity (Wildman–Crippen MR) is 74.6 cm³/mol. The molecule has 0 aliphatic heterocycles. The molecule has 5 heteroatoms. The lowest BCUT2D eigenvalue weighted by atomic mass is 10.2. The predicted octanol–water partition coefficient (Wildman–Crippen LogP) is 2.26. The van der Waals surface area contributed by atoms with Gasteiger partial charge < -0.3 is 4.74 Å². The van der Waals surface area contributed by atoms with Gasteiger partial charge in [-0.3, -0.25) is 4.79 Å². The number of esters is 1. The van der Waals surface area contributed by atoms with E-state index in [0.717, 1.165) is 5.69 Å². The lowest BCUT2D eigenvalue weighted by Gasteiger charge is -1.98. The summed E-state index contributed by atoms with van der Waals surface area (Å²) in [6.45, 7) is 2.04. The minimum absolute atomic E-state index is 0.308. The Labute approximate surface area is 116 Å². The fraction of sp³-hybridized carbons (Fsp3) is 0.133. The molecule has 1 aromatic heterocycles. The average Bonchev–Trinajstić information content (AvgIpc) is 2.90. The van der Waals surface area contributed by atoms with Gasteiger partial charge in [-0.1, -0.05) is 18.2 Å². The van der Waals surface area contributed by atoms with Gasteiger partial charge >= 0.3 is 5.97 Å². The lowest BCUT2D eigenvalue weighted by molar-refractivity contribution is -0.137. The van der Waals surface area contributed by atoms with Gasteiger partial charge in [0.15, 0.2) is 6.29 Å². The molecule has 0 aliphatic rings. The number of hydrogen-bond acceptors (Lipinski definition) is 4. The summed E-state index contributed by atoms with van der Waals surface area (Å²) in [6, 6.07) is 9.41. The summed E-state index contributed by atoms with van der Waals surface area (Å²) in [5.74, 6) is -0.460. The third-order valence-corrected chi connectivity index (χ3v) is 2.58. The van der Waals surface area contributed by atoms with Gasteiger partial charge in [0.2, 0.25) is 0 Å². The van der Waals surface area contributed by atoms with Crippen molar-refractivity contribution in [3.05, 3.63) is 53.9 Å². The largest absolute Gasteiger partial charge is 0.463 e. The summed E-state index contributed by atoms with van der Waals surface area (Å²) in [5, 5.41) is 4.27. The molecule has 0 amide bonds. The summed E-state index contributed by atoms with van der Waals surface area (Å²) in [7, 11) is 0. The van der Waals surface area contributed by atoms with Crippen molar-refractivity contribution in [1.29, 1.82) is 0 Å². The van der Waals surface area contributed by atoms with Gasteiger partial charge in [-0.2, -0.15) is 5.10 Å². The van der Waals surface area contributed by atoms with Crippen LogP contribution in [-0.2, 0) is 9.53 Å². The molecule has 5 nitrogen and oxygen atoms in total. The Morgan fingerprint density at radius 2 is 2.10 bits per heavy atom. The molecular weight excluding hydrogens is 256 g/mol. The quantitative estimate of drug-likeness (QED) is 0.475. The molecule has 0 saturated heterocycles. The van der Waals surface area contributed by atoms with Crippen LogP contribution in [0.25, 0.3) is 11.8 Å². The number of aldehydes is 1. The minimum atomic E-state index is -0.460. The van der Waals surface area contributed by atoms with Crippen molar-refractivity contribution in [2.75, 3.05) is 6.61 Å². The highest BCUT2D eigenvalue weighted by Gasteiger charge is 2.07. The maximum Gasteiger partial charge on any atom is 0.330 e. The zero-order chi connectivity index (χ0) is 14.4. The number of nitrogens with zero attached hydrogens (tertiary/aromatic N) is 2. The number of rotatable bonds is 5. The molecule has 2 rings (SSSR count). The van der Waals surface area contributed by atoms with E-state index >= 15 is 0 Å². The SMILES string of the molecule is CCOC(=O)/C=C/c1nn(-c2ccccc2)cc1C=O. The van der Waals surface area contributed by atoms with Gasteiger partial charge in [0.25, 0.3) is 0 Å². The highest BCUT2D eigenvalue weighted by Crippen LogP contribution is 2.12. The second-order valence-corrected chi connectivity index (χ2v) is 3.95. The zero-order valence-corrected chi connectivity index (χ0v) is 11.0. The molecule has 0 bridgehead atoms. The fourth-order valence-electron chi connectivity index (χ4n) is 1.67. The van der Waals surface area contributed by atoms with Gasteiger partial charge in [-0.25, -0.2) is 9.48 Å². The van der Waals surface area contributed by atoms with E-state index in [4.69, 9.17) is 4.74 Å². The van der Waals surface area contributed by atoms with E-state index in [1.54, 1.807) is 17.8 Å². The van der Waals surface area contributed by atoms with Crippen molar-refractivity contribution >= 4 is 18.3 Å². The number of hydrogen-bond donors (Lipinski definition) is 0. The molecule has 102 valence electrons. The van der Waals surface area contributed by atoms with Gasteiger partial charge in [-0.05, 0) is 25.1 Å². The molecule has 20 heavy (non-hydrogen) atoms. The maximum absolute atomic E-state index is 11.3. The van der Waals surface area contributed by atoms with Crippen LogP contribution in [0.3, 0.4) is 0 Å². The van der Waals surface area contributed by atoms with E-state index in [1.807, 2.05) is 30.3 Å². The topological polar surface area (TPSA) is 61.2 Å². The first kappa shape index (κ1) is 13.7. The molecule has 0 atom stereocenters. The zero-order valence-electron chi connectivity index (χ0n) is 11.0. The molecule has 0 N–H and O–H groups in total. The van der Waals surface area contributed by atoms with Crippen molar-refractivity contribution in [3.8, 4) is 5.69 Å². The third kappa shape index (κ3) is 3.20. The Balaban J connectivity index is 2.28. The number of ether oxygens (including phenoxy) is 1. The van der Waals surface area contributed by atoms with Crippen molar-refractivity contribution in [2.24, 2.45) is 0 Å². The average molecular weight is 270 g/mol. The molecule has 0 radical (unpaired) electrons. The van der Waals surface area contributed by atoms with Crippen LogP contribution in [0.4, 0.5) is 0 Å². The standard InChI is InChI=1S/C15H14N2O3/c1-2-20-15(19)9-8-14-12(11-18)10-17(16-14)13-6-4-3-5-7-13/h3-11H,2H2,1H3/b9-8+. The normalized spacial score (nSPS) is 10.7. The third-order valence-electron chi connectivity index (χ3n) is 2.58. The van der Waals surface area contributed by atoms with E-state index in [0.29, 0.717) is 24.2 Å². The summed E-state index contributed by atoms with van der Waals surface area (Å²) in [5.41, 5.74) is 1.68. The molecule has 1 heterocycles. The van der Waals surface area contributed by atoms with Crippen LogP contribution in [0.1, 0.15) is 23.0 Å². The highest BCUT2D eigenvalue weighted by atomic mass is 16.5. The Hall–Kier alpha value is -2.69. The van der Waals surface area contributed by atoms with Gasteiger partial charge in [0.1, 0.15) is 0 Å². The molecule has 0 saturated carbocycles. The second kappa shape index (κ2) is 6.47. The molecule has 0 aliphatic carbocycles. The number of aromatic nitrogens is 2. The smallest absolute Gasteiger partial charge is 0.330 e. The van der Waals surface area contributed by atoms with Crippen molar-refractivity contribution < 1.29 is 14.3 Å². The van der Waals surface area contributed by atoms with Crippen molar-refractivity contribution in [1.82, 2.24) is 9.78 Å². The van der Waals surface area contributed by atoms with E-state index in [1.165, 1.54) is 12.2 Å². The lowest BCUT2D eigenvalue weighted by Crippen LogP contribution is -1.99. The summed E-state index contributed by atoms with van der Waals surface area (Å²) >= 11 is 0. The van der Waals surface area contributed by atoms with Crippen LogP contribution in [0, 0.1) is 0 Å². The van der Waals surface area contributed by atoms with E-state index < -0.39 is 5.97 Å². The summed E-state index contributed by atoms with van der Waals surface area (Å²) < 4.78 is 6.37. The first-order chi connectivity index (χ1) is 9.74. The molecule has 0 spiro atoms. The Morgan fingerprint density at radius 3 is 2.75 bits per heavy atom. The number of carbonyl (C=O) groups is 2. The van der Waals surface area contributed by atoms with E-state index in [9.17, 15) is 9.59 Å². The summed E-state index contributed by atoms with van der Waals surface area (Å²) in [6.07, 6.45) is 5.06. The number of carbonyl (C=O) groups excluding carboxylic acids is 2. The molecule has 0 unspecified atom stereocenters. The molecule has 2 aromatic rings. The second-order valence-electron chi connectivity index (χ2n) is 3.95. The van der Waals surface area contributed by atoms with E-state index in [2.05, 4.69) is 5.10 Å². The molecular formula is C15H14N2O3. The van der Waals surface area contributed by atoms with Crippen LogP contribution < -0.4 is 0 Å². The number of para-hydroxylation sites is 1. The summed E-state index contributed by atoms with van der Waals surface area (Å²) in [4.78, 5) is 22.3. The number of benzene rings is 1. The monoisotopic (exact) mass is 270 g/mol. The Bertz CT molecular complexity index is 630. The van der Waals surface area contributed by atoms with Crippen molar-refractivity contribution in [3.63, 3.8) is 0 Å². The Kier molecular flexibility index (Phi) is 4.44. The molecule has 0 fully saturated rings. The van der Waals surface area contributed by atoms with Crippen LogP contribution in [0.2, 0.25) is 0 Å². The first-order valence-corrected chi connectivity index (χ1v) is 6.19. The highest BCUT2D eigenvalue weighted by molar-refractivity contribution is 5.89. The van der Waals surface area contributed by atoms with Crippen LogP contribution >= 0.6 is 0 Å². The molecule has 1 aromatic carbocycles. The van der Waals surface area contributed by atoms with Crippen LogP contribution in [0.5, 0.6) is 0 Å². The van der Waals surface area contributed by atoms with Crippen LogP contribution in [-0.4, -0.2) is 28.6 Å². The van der Waals surface area contributed by atoms with Crippen LogP contribution in [0.15, 0.2) is 42.6 Å². The fourth-order valence-corrected chi connectivity index (χ4v) is 1.67. The minimum Gasteiger partial charge on any atom is -0.463 e.